The normalized spacial score (nSPS) is 10.4. The van der Waals surface area contributed by atoms with E-state index in [4.69, 9.17) is 0 Å². The maximum atomic E-state index is 12.4. The third-order valence-electron chi connectivity index (χ3n) is 3.18. The summed E-state index contributed by atoms with van der Waals surface area (Å²) in [5, 5.41) is 11.0. The van der Waals surface area contributed by atoms with Crippen LogP contribution in [-0.2, 0) is 4.79 Å². The monoisotopic (exact) mass is 308 g/mol. The van der Waals surface area contributed by atoms with Gasteiger partial charge in [-0.15, -0.1) is 6.58 Å². The number of nitro groups is 1. The van der Waals surface area contributed by atoms with E-state index in [-0.39, 0.29) is 11.6 Å². The van der Waals surface area contributed by atoms with Crippen molar-refractivity contribution >= 4 is 23.4 Å². The van der Waals surface area contributed by atoms with Crippen molar-refractivity contribution in [2.45, 2.75) is 0 Å². The number of para-hydroxylation sites is 2. The molecular formula is C18H16N2O3. The molecule has 0 bridgehead atoms. The summed E-state index contributed by atoms with van der Waals surface area (Å²) in [6.45, 7) is 4.01. The Labute approximate surface area is 134 Å². The zero-order valence-electron chi connectivity index (χ0n) is 12.5. The number of carbonyl (C=O) groups excluding carboxylic acids is 1. The third kappa shape index (κ3) is 4.14. The second kappa shape index (κ2) is 7.70. The van der Waals surface area contributed by atoms with E-state index in [0.717, 1.165) is 5.69 Å². The number of carbonyl (C=O) groups is 1. The highest BCUT2D eigenvalue weighted by atomic mass is 16.6. The van der Waals surface area contributed by atoms with Crippen LogP contribution < -0.4 is 4.90 Å². The number of amides is 1. The van der Waals surface area contributed by atoms with Crippen molar-refractivity contribution in [3.05, 3.63) is 89.0 Å². The van der Waals surface area contributed by atoms with Gasteiger partial charge in [0.1, 0.15) is 0 Å². The Morgan fingerprint density at radius 1 is 1.13 bits per heavy atom. The lowest BCUT2D eigenvalue weighted by molar-refractivity contribution is -0.385. The van der Waals surface area contributed by atoms with Gasteiger partial charge in [-0.05, 0) is 24.3 Å². The Bertz CT molecular complexity index is 739. The molecule has 0 fully saturated rings. The van der Waals surface area contributed by atoms with Gasteiger partial charge in [0.05, 0.1) is 10.5 Å². The van der Waals surface area contributed by atoms with E-state index in [1.807, 2.05) is 30.3 Å². The van der Waals surface area contributed by atoms with Gasteiger partial charge >= 0.3 is 0 Å². The van der Waals surface area contributed by atoms with Gasteiger partial charge in [-0.1, -0.05) is 36.4 Å². The first-order chi connectivity index (χ1) is 11.1. The molecule has 0 N–H and O–H groups in total. The maximum absolute atomic E-state index is 12.4. The second-order valence-electron chi connectivity index (χ2n) is 4.72. The highest BCUT2D eigenvalue weighted by Gasteiger charge is 2.13. The van der Waals surface area contributed by atoms with Crippen molar-refractivity contribution in [1.29, 1.82) is 0 Å². The Morgan fingerprint density at radius 3 is 2.43 bits per heavy atom. The fraction of sp³-hybridized carbons (Fsp3) is 0.0556. The predicted molar refractivity (Wildman–Crippen MR) is 91.1 cm³/mol. The summed E-state index contributed by atoms with van der Waals surface area (Å²) in [6, 6.07) is 15.5. The first-order valence-electron chi connectivity index (χ1n) is 7.02. The molecule has 0 unspecified atom stereocenters. The van der Waals surface area contributed by atoms with Crippen LogP contribution in [0.15, 0.2) is 73.3 Å². The molecule has 0 heterocycles. The van der Waals surface area contributed by atoms with Crippen molar-refractivity contribution in [3.63, 3.8) is 0 Å². The van der Waals surface area contributed by atoms with Gasteiger partial charge in [0.2, 0.25) is 0 Å². The number of hydrogen-bond acceptors (Lipinski definition) is 3. The van der Waals surface area contributed by atoms with E-state index < -0.39 is 4.92 Å². The minimum Gasteiger partial charge on any atom is -0.305 e. The Balaban J connectivity index is 2.25. The predicted octanol–water partition coefficient (Wildman–Crippen LogP) is 3.83. The molecule has 2 aromatic carbocycles. The molecule has 2 rings (SSSR count). The highest BCUT2D eigenvalue weighted by molar-refractivity contribution is 6.04. The average Bonchev–Trinajstić information content (AvgIpc) is 2.58. The SMILES string of the molecule is C=CCN(C(=O)/C=C/c1ccccc1[N+](=O)[O-])c1ccccc1. The molecule has 0 atom stereocenters. The minimum atomic E-state index is -0.469. The van der Waals surface area contributed by atoms with Crippen LogP contribution in [-0.4, -0.2) is 17.4 Å². The van der Waals surface area contributed by atoms with Crippen molar-refractivity contribution in [2.75, 3.05) is 11.4 Å². The molecule has 0 aromatic heterocycles. The number of hydrogen-bond donors (Lipinski definition) is 0. The zero-order valence-corrected chi connectivity index (χ0v) is 12.5. The Kier molecular flexibility index (Phi) is 5.41. The largest absolute Gasteiger partial charge is 0.305 e. The summed E-state index contributed by atoms with van der Waals surface area (Å²) in [7, 11) is 0. The second-order valence-corrected chi connectivity index (χ2v) is 4.72. The number of anilines is 1. The molecule has 0 aliphatic heterocycles. The van der Waals surface area contributed by atoms with Crippen LogP contribution in [0.5, 0.6) is 0 Å². The molecule has 5 nitrogen and oxygen atoms in total. The molecule has 0 saturated carbocycles. The van der Waals surface area contributed by atoms with Crippen LogP contribution in [0, 0.1) is 10.1 Å². The van der Waals surface area contributed by atoms with Gasteiger partial charge in [0.15, 0.2) is 0 Å². The molecule has 23 heavy (non-hydrogen) atoms. The maximum Gasteiger partial charge on any atom is 0.276 e. The summed E-state index contributed by atoms with van der Waals surface area (Å²) >= 11 is 0. The lowest BCUT2D eigenvalue weighted by Gasteiger charge is -2.19. The number of nitro benzene ring substituents is 1. The summed E-state index contributed by atoms with van der Waals surface area (Å²) in [6.07, 6.45) is 4.42. The molecular weight excluding hydrogens is 292 g/mol. The van der Waals surface area contributed by atoms with Gasteiger partial charge in [0, 0.05) is 24.4 Å². The van der Waals surface area contributed by atoms with Gasteiger partial charge in [-0.25, -0.2) is 0 Å². The standard InChI is InChI=1S/C18H16N2O3/c1-2-14-19(16-9-4-3-5-10-16)18(21)13-12-15-8-6-7-11-17(15)20(22)23/h2-13H,1,14H2/b13-12+. The fourth-order valence-electron chi connectivity index (χ4n) is 2.11. The summed E-state index contributed by atoms with van der Waals surface area (Å²) in [5.41, 5.74) is 1.09. The van der Waals surface area contributed by atoms with E-state index >= 15 is 0 Å². The average molecular weight is 308 g/mol. The summed E-state index contributed by atoms with van der Waals surface area (Å²) < 4.78 is 0. The van der Waals surface area contributed by atoms with Crippen molar-refractivity contribution in [3.8, 4) is 0 Å². The Hall–Kier alpha value is -3.21. The molecule has 0 saturated heterocycles. The molecule has 0 spiro atoms. The number of benzene rings is 2. The van der Waals surface area contributed by atoms with E-state index in [1.165, 1.54) is 23.1 Å². The molecule has 0 aliphatic rings. The van der Waals surface area contributed by atoms with E-state index in [2.05, 4.69) is 6.58 Å². The van der Waals surface area contributed by atoms with Gasteiger partial charge < -0.3 is 4.90 Å². The van der Waals surface area contributed by atoms with E-state index in [9.17, 15) is 14.9 Å². The van der Waals surface area contributed by atoms with Crippen LogP contribution >= 0.6 is 0 Å². The van der Waals surface area contributed by atoms with Crippen LogP contribution in [0.25, 0.3) is 6.08 Å². The molecule has 0 aliphatic carbocycles. The minimum absolute atomic E-state index is 0.0356. The third-order valence-corrected chi connectivity index (χ3v) is 3.18. The molecule has 116 valence electrons. The van der Waals surface area contributed by atoms with E-state index in [0.29, 0.717) is 12.1 Å². The van der Waals surface area contributed by atoms with Crippen molar-refractivity contribution in [2.24, 2.45) is 0 Å². The number of rotatable bonds is 6. The van der Waals surface area contributed by atoms with Crippen LogP contribution in [0.3, 0.4) is 0 Å². The van der Waals surface area contributed by atoms with Crippen LogP contribution in [0.4, 0.5) is 11.4 Å². The summed E-state index contributed by atoms with van der Waals surface area (Å²) in [4.78, 5) is 24.5. The highest BCUT2D eigenvalue weighted by Crippen LogP contribution is 2.20. The quantitative estimate of drug-likeness (QED) is 0.352. The van der Waals surface area contributed by atoms with Crippen LogP contribution in [0.1, 0.15) is 5.56 Å². The van der Waals surface area contributed by atoms with Gasteiger partial charge in [-0.3, -0.25) is 14.9 Å². The first kappa shape index (κ1) is 16.2. The first-order valence-corrected chi connectivity index (χ1v) is 7.02. The lowest BCUT2D eigenvalue weighted by Crippen LogP contribution is -2.29. The van der Waals surface area contributed by atoms with Crippen LogP contribution in [0.2, 0.25) is 0 Å². The molecule has 5 heteroatoms. The topological polar surface area (TPSA) is 63.5 Å². The van der Waals surface area contributed by atoms with E-state index in [1.54, 1.807) is 24.3 Å². The lowest BCUT2D eigenvalue weighted by atomic mass is 10.1. The van der Waals surface area contributed by atoms with Crippen molar-refractivity contribution in [1.82, 2.24) is 0 Å². The smallest absolute Gasteiger partial charge is 0.276 e. The van der Waals surface area contributed by atoms with Gasteiger partial charge in [0.25, 0.3) is 11.6 Å². The van der Waals surface area contributed by atoms with Crippen molar-refractivity contribution < 1.29 is 9.72 Å². The molecule has 0 radical (unpaired) electrons. The number of nitrogens with zero attached hydrogens (tertiary/aromatic N) is 2. The van der Waals surface area contributed by atoms with Gasteiger partial charge in [-0.2, -0.15) is 0 Å². The Morgan fingerprint density at radius 2 is 1.78 bits per heavy atom. The zero-order chi connectivity index (χ0) is 16.7. The fourth-order valence-corrected chi connectivity index (χ4v) is 2.11. The summed E-state index contributed by atoms with van der Waals surface area (Å²) in [5.74, 6) is -0.269. The molecule has 1 amide bonds. The molecule has 2 aromatic rings.